The number of nitrogens with one attached hydrogen (secondary N) is 1. The van der Waals surface area contributed by atoms with Gasteiger partial charge in [0.25, 0.3) is 0 Å². The Bertz CT molecular complexity index is 1040. The van der Waals surface area contributed by atoms with Crippen LogP contribution < -0.4 is 21.1 Å². The standard InChI is InChI=1S/C18H23N7O2S/c1-3-24(4-2)14-7-5-13(6-8-14)21-18-22-17(19)25(23-18)15-9-11-16(12-10-15)28(20,26)27/h5-12H,3-4H2,1-2H3,(H2,20,26,27)(H3,19,21,22,23). The zero-order valence-corrected chi connectivity index (χ0v) is 16.5. The summed E-state index contributed by atoms with van der Waals surface area (Å²) in [5, 5.41) is 12.6. The number of anilines is 4. The molecule has 0 unspecified atom stereocenters. The van der Waals surface area contributed by atoms with Crippen molar-refractivity contribution in [2.75, 3.05) is 29.0 Å². The van der Waals surface area contributed by atoms with Crippen molar-refractivity contribution in [3.63, 3.8) is 0 Å². The summed E-state index contributed by atoms with van der Waals surface area (Å²) < 4.78 is 24.1. The number of hydrogen-bond donors (Lipinski definition) is 3. The molecule has 0 amide bonds. The minimum Gasteiger partial charge on any atom is -0.372 e. The van der Waals surface area contributed by atoms with Crippen LogP contribution in [0.5, 0.6) is 0 Å². The van der Waals surface area contributed by atoms with Gasteiger partial charge in [0.15, 0.2) is 0 Å². The van der Waals surface area contributed by atoms with Crippen LogP contribution in [0.2, 0.25) is 0 Å². The maximum absolute atomic E-state index is 11.4. The van der Waals surface area contributed by atoms with Crippen molar-refractivity contribution in [3.05, 3.63) is 48.5 Å². The highest BCUT2D eigenvalue weighted by atomic mass is 32.2. The van der Waals surface area contributed by atoms with Crippen LogP contribution in [0.3, 0.4) is 0 Å². The van der Waals surface area contributed by atoms with E-state index in [0.717, 1.165) is 24.5 Å². The van der Waals surface area contributed by atoms with Crippen molar-refractivity contribution in [2.45, 2.75) is 18.7 Å². The molecule has 1 aromatic heterocycles. The summed E-state index contributed by atoms with van der Waals surface area (Å²) in [7, 11) is -3.75. The Morgan fingerprint density at radius 1 is 1.04 bits per heavy atom. The molecular formula is C18H23N7O2S. The molecule has 0 fully saturated rings. The molecule has 9 nitrogen and oxygen atoms in total. The number of nitrogens with zero attached hydrogens (tertiary/aromatic N) is 4. The first-order valence-electron chi connectivity index (χ1n) is 8.79. The van der Waals surface area contributed by atoms with E-state index in [1.54, 1.807) is 12.1 Å². The maximum Gasteiger partial charge on any atom is 0.248 e. The molecule has 28 heavy (non-hydrogen) atoms. The highest BCUT2D eigenvalue weighted by Crippen LogP contribution is 2.21. The summed E-state index contributed by atoms with van der Waals surface area (Å²) in [6.07, 6.45) is 0. The monoisotopic (exact) mass is 401 g/mol. The van der Waals surface area contributed by atoms with Gasteiger partial charge in [-0.25, -0.2) is 13.6 Å². The summed E-state index contributed by atoms with van der Waals surface area (Å²) in [5.41, 5.74) is 8.50. The number of nitrogens with two attached hydrogens (primary N) is 2. The molecule has 3 aromatic rings. The zero-order valence-electron chi connectivity index (χ0n) is 15.7. The molecule has 0 saturated carbocycles. The van der Waals surface area contributed by atoms with Crippen LogP contribution in [-0.2, 0) is 10.0 Å². The van der Waals surface area contributed by atoms with Gasteiger partial charge in [0.1, 0.15) is 0 Å². The average molecular weight is 401 g/mol. The Morgan fingerprint density at radius 3 is 2.18 bits per heavy atom. The van der Waals surface area contributed by atoms with E-state index in [0.29, 0.717) is 11.6 Å². The van der Waals surface area contributed by atoms with Gasteiger partial charge < -0.3 is 16.0 Å². The normalized spacial score (nSPS) is 11.4. The summed E-state index contributed by atoms with van der Waals surface area (Å²) in [6.45, 7) is 6.11. The molecule has 3 rings (SSSR count). The summed E-state index contributed by atoms with van der Waals surface area (Å²) >= 11 is 0. The van der Waals surface area contributed by atoms with Crippen molar-refractivity contribution in [1.29, 1.82) is 0 Å². The van der Waals surface area contributed by atoms with Gasteiger partial charge in [-0.05, 0) is 62.4 Å². The molecule has 0 aliphatic rings. The molecular weight excluding hydrogens is 378 g/mol. The average Bonchev–Trinajstić information content (AvgIpc) is 3.03. The molecule has 0 saturated heterocycles. The fourth-order valence-corrected chi connectivity index (χ4v) is 3.33. The Hall–Kier alpha value is -3.11. The number of aromatic nitrogens is 3. The third kappa shape index (κ3) is 4.24. The van der Waals surface area contributed by atoms with Gasteiger partial charge in [0.2, 0.25) is 21.9 Å². The first kappa shape index (κ1) is 19.6. The van der Waals surface area contributed by atoms with E-state index in [2.05, 4.69) is 34.1 Å². The number of benzene rings is 2. The van der Waals surface area contributed by atoms with Crippen molar-refractivity contribution in [3.8, 4) is 5.69 Å². The van der Waals surface area contributed by atoms with Crippen molar-refractivity contribution in [2.24, 2.45) is 5.14 Å². The Morgan fingerprint density at radius 2 is 1.64 bits per heavy atom. The topological polar surface area (TPSA) is 132 Å². The molecule has 0 aliphatic carbocycles. The van der Waals surface area contributed by atoms with Gasteiger partial charge in [0.05, 0.1) is 10.6 Å². The second-order valence-electron chi connectivity index (χ2n) is 6.09. The summed E-state index contributed by atoms with van der Waals surface area (Å²) in [5.74, 6) is 0.509. The lowest BCUT2D eigenvalue weighted by atomic mass is 10.2. The minimum atomic E-state index is -3.75. The smallest absolute Gasteiger partial charge is 0.248 e. The number of nitrogen functional groups attached to an aromatic ring is 1. The third-order valence-corrected chi connectivity index (χ3v) is 5.22. The van der Waals surface area contributed by atoms with Gasteiger partial charge in [-0.1, -0.05) is 0 Å². The lowest BCUT2D eigenvalue weighted by Gasteiger charge is -2.21. The van der Waals surface area contributed by atoms with Crippen LogP contribution in [0, 0.1) is 0 Å². The van der Waals surface area contributed by atoms with E-state index in [-0.39, 0.29) is 10.8 Å². The van der Waals surface area contributed by atoms with E-state index >= 15 is 0 Å². The van der Waals surface area contributed by atoms with E-state index in [4.69, 9.17) is 10.9 Å². The Balaban J connectivity index is 1.79. The molecule has 0 aliphatic heterocycles. The number of rotatable bonds is 7. The molecule has 148 valence electrons. The molecule has 2 aromatic carbocycles. The number of sulfonamides is 1. The molecule has 0 bridgehead atoms. The van der Waals surface area contributed by atoms with Crippen molar-refractivity contribution < 1.29 is 8.42 Å². The number of hydrogen-bond acceptors (Lipinski definition) is 7. The highest BCUT2D eigenvalue weighted by molar-refractivity contribution is 7.89. The highest BCUT2D eigenvalue weighted by Gasteiger charge is 2.12. The van der Waals surface area contributed by atoms with E-state index in [1.807, 2.05) is 24.3 Å². The molecule has 0 spiro atoms. The molecule has 1 heterocycles. The van der Waals surface area contributed by atoms with Crippen LogP contribution in [0.1, 0.15) is 13.8 Å². The van der Waals surface area contributed by atoms with Gasteiger partial charge in [-0.2, -0.15) is 9.67 Å². The van der Waals surface area contributed by atoms with Gasteiger partial charge in [0, 0.05) is 24.5 Å². The maximum atomic E-state index is 11.4. The largest absolute Gasteiger partial charge is 0.372 e. The van der Waals surface area contributed by atoms with Crippen LogP contribution in [0.4, 0.5) is 23.3 Å². The van der Waals surface area contributed by atoms with Gasteiger partial charge in [-0.3, -0.25) is 0 Å². The van der Waals surface area contributed by atoms with Crippen LogP contribution in [0.25, 0.3) is 5.69 Å². The lowest BCUT2D eigenvalue weighted by Crippen LogP contribution is -2.21. The van der Waals surface area contributed by atoms with Crippen LogP contribution >= 0.6 is 0 Å². The summed E-state index contributed by atoms with van der Waals surface area (Å²) in [6, 6.07) is 13.9. The Labute approximate surface area is 164 Å². The second kappa shape index (κ2) is 7.87. The Kier molecular flexibility index (Phi) is 5.52. The third-order valence-electron chi connectivity index (χ3n) is 4.29. The predicted octanol–water partition coefficient (Wildman–Crippen LogP) is 2.09. The fourth-order valence-electron chi connectivity index (χ4n) is 2.82. The van der Waals surface area contributed by atoms with Crippen molar-refractivity contribution in [1.82, 2.24) is 14.8 Å². The zero-order chi connectivity index (χ0) is 20.3. The second-order valence-corrected chi connectivity index (χ2v) is 7.65. The summed E-state index contributed by atoms with van der Waals surface area (Å²) in [4.78, 5) is 6.47. The predicted molar refractivity (Wildman–Crippen MR) is 110 cm³/mol. The molecule has 0 radical (unpaired) electrons. The first-order chi connectivity index (χ1) is 13.3. The SMILES string of the molecule is CCN(CC)c1ccc(Nc2nc(N)n(-c3ccc(S(N)(=O)=O)cc3)n2)cc1. The van der Waals surface area contributed by atoms with E-state index < -0.39 is 10.0 Å². The minimum absolute atomic E-state index is 0.0153. The van der Waals surface area contributed by atoms with E-state index in [9.17, 15) is 8.42 Å². The van der Waals surface area contributed by atoms with Crippen LogP contribution in [-0.4, -0.2) is 36.3 Å². The number of primary sulfonamides is 1. The lowest BCUT2D eigenvalue weighted by molar-refractivity contribution is 0.598. The van der Waals surface area contributed by atoms with Gasteiger partial charge >= 0.3 is 0 Å². The molecule has 10 heteroatoms. The first-order valence-corrected chi connectivity index (χ1v) is 10.3. The van der Waals surface area contributed by atoms with Crippen LogP contribution in [0.15, 0.2) is 53.4 Å². The van der Waals surface area contributed by atoms with Gasteiger partial charge in [-0.15, -0.1) is 5.10 Å². The van der Waals surface area contributed by atoms with Crippen molar-refractivity contribution >= 4 is 33.3 Å². The quantitative estimate of drug-likeness (QED) is 0.552. The molecule has 0 atom stereocenters. The fraction of sp³-hybridized carbons (Fsp3) is 0.222. The molecule has 5 N–H and O–H groups in total. The van der Waals surface area contributed by atoms with E-state index in [1.165, 1.54) is 16.8 Å².